The van der Waals surface area contributed by atoms with Gasteiger partial charge in [-0.3, -0.25) is 0 Å². The summed E-state index contributed by atoms with van der Waals surface area (Å²) in [5, 5.41) is 3.88. The van der Waals surface area contributed by atoms with Crippen LogP contribution in [0.25, 0.3) is 0 Å². The third-order valence-electron chi connectivity index (χ3n) is 11.2. The average Bonchev–Trinajstić information content (AvgIpc) is 3.64. The lowest BCUT2D eigenvalue weighted by molar-refractivity contribution is 0.253. The van der Waals surface area contributed by atoms with Crippen molar-refractivity contribution in [1.82, 2.24) is 5.32 Å². The van der Waals surface area contributed by atoms with E-state index in [9.17, 15) is 0 Å². The molecule has 214 valence electrons. The van der Waals surface area contributed by atoms with Gasteiger partial charge < -0.3 is 5.32 Å². The minimum absolute atomic E-state index is 0.818. The van der Waals surface area contributed by atoms with E-state index < -0.39 is 0 Å². The first kappa shape index (κ1) is 29.7. The van der Waals surface area contributed by atoms with Gasteiger partial charge in [-0.05, 0) is 119 Å². The van der Waals surface area contributed by atoms with Crippen LogP contribution in [-0.2, 0) is 0 Å². The molecule has 1 heteroatoms. The first-order chi connectivity index (χ1) is 18.3. The van der Waals surface area contributed by atoms with Crippen LogP contribution in [-0.4, -0.2) is 13.1 Å². The second kappa shape index (κ2) is 17.4. The fraction of sp³-hybridized carbons (Fsp3) is 0.944. The van der Waals surface area contributed by atoms with Gasteiger partial charge in [-0.1, -0.05) is 108 Å². The molecule has 0 saturated heterocycles. The normalized spacial score (nSPS) is 36.1. The minimum atomic E-state index is 0.818. The van der Waals surface area contributed by atoms with Crippen LogP contribution in [0.15, 0.2) is 11.6 Å². The van der Waals surface area contributed by atoms with Gasteiger partial charge in [0.25, 0.3) is 0 Å². The molecule has 2 aliphatic carbocycles. The van der Waals surface area contributed by atoms with Crippen molar-refractivity contribution in [2.45, 2.75) is 167 Å². The molecule has 4 rings (SSSR count). The highest BCUT2D eigenvalue weighted by molar-refractivity contribution is 5.07. The Labute approximate surface area is 232 Å². The van der Waals surface area contributed by atoms with Crippen molar-refractivity contribution in [3.05, 3.63) is 11.6 Å². The van der Waals surface area contributed by atoms with E-state index >= 15 is 0 Å². The summed E-state index contributed by atoms with van der Waals surface area (Å²) in [5.41, 5.74) is 1.85. The highest BCUT2D eigenvalue weighted by Gasteiger charge is 2.35. The largest absolute Gasteiger partial charge is 0.316 e. The predicted octanol–water partition coefficient (Wildman–Crippen LogP) is 11.0. The number of hydrogen-bond donors (Lipinski definition) is 1. The number of allylic oxidation sites excluding steroid dienone is 2. The second-order valence-electron chi connectivity index (χ2n) is 14.3. The zero-order chi connectivity index (χ0) is 25.5. The molecule has 2 bridgehead atoms. The van der Waals surface area contributed by atoms with Crippen molar-refractivity contribution in [1.29, 1.82) is 0 Å². The van der Waals surface area contributed by atoms with E-state index in [1.807, 2.05) is 5.57 Å². The lowest BCUT2D eigenvalue weighted by Gasteiger charge is -2.27. The summed E-state index contributed by atoms with van der Waals surface area (Å²) in [7, 11) is 0. The van der Waals surface area contributed by atoms with Crippen molar-refractivity contribution < 1.29 is 0 Å². The van der Waals surface area contributed by atoms with E-state index in [2.05, 4.69) is 18.3 Å². The average molecular weight is 512 g/mol. The van der Waals surface area contributed by atoms with Crippen LogP contribution in [0.4, 0.5) is 0 Å². The van der Waals surface area contributed by atoms with Crippen molar-refractivity contribution in [3.8, 4) is 0 Å². The Kier molecular flexibility index (Phi) is 14.0. The van der Waals surface area contributed by atoms with Gasteiger partial charge in [0.2, 0.25) is 0 Å². The molecule has 2 aliphatic heterocycles. The summed E-state index contributed by atoms with van der Waals surface area (Å²) in [6.45, 7) is 5.09. The molecule has 5 atom stereocenters. The van der Waals surface area contributed by atoms with Gasteiger partial charge >= 0.3 is 0 Å². The van der Waals surface area contributed by atoms with Crippen molar-refractivity contribution >= 4 is 0 Å². The monoisotopic (exact) mass is 512 g/mol. The second-order valence-corrected chi connectivity index (χ2v) is 14.3. The standard InChI is InChI=1S/C36H65N/c1-30-15-8-3-2-4-9-16-32-17-10-5-6-12-21-36-34(20-14-18-31-22-23-31)26-27-35(36)25-24-33(30)19-11-7-13-28-37-29-32/h19,30-32,34-37H,2-18,20-29H2,1H3/b33-19-/t30-,32?,34?,35-,36?/m1/s1. The third kappa shape index (κ3) is 11.4. The molecule has 2 heterocycles. The zero-order valence-corrected chi connectivity index (χ0v) is 25.1. The van der Waals surface area contributed by atoms with Crippen LogP contribution in [0.2, 0.25) is 0 Å². The van der Waals surface area contributed by atoms with Gasteiger partial charge in [0.15, 0.2) is 0 Å². The van der Waals surface area contributed by atoms with E-state index in [0.717, 1.165) is 35.5 Å². The van der Waals surface area contributed by atoms with Crippen molar-refractivity contribution in [2.75, 3.05) is 13.1 Å². The molecule has 3 unspecified atom stereocenters. The Balaban J connectivity index is 1.40. The molecule has 2 saturated carbocycles. The van der Waals surface area contributed by atoms with Crippen LogP contribution in [0, 0.1) is 35.5 Å². The van der Waals surface area contributed by atoms with Crippen LogP contribution in [0.3, 0.4) is 0 Å². The molecule has 2 fully saturated rings. The molecule has 1 nitrogen and oxygen atoms in total. The lowest BCUT2D eigenvalue weighted by Crippen LogP contribution is -2.24. The summed E-state index contributed by atoms with van der Waals surface area (Å²) in [6.07, 6.45) is 39.8. The molecule has 37 heavy (non-hydrogen) atoms. The fourth-order valence-corrected chi connectivity index (χ4v) is 8.51. The first-order valence-electron chi connectivity index (χ1n) is 17.7. The van der Waals surface area contributed by atoms with Crippen LogP contribution >= 0.6 is 0 Å². The summed E-state index contributed by atoms with van der Waals surface area (Å²) < 4.78 is 0. The van der Waals surface area contributed by atoms with Gasteiger partial charge in [-0.25, -0.2) is 0 Å². The highest BCUT2D eigenvalue weighted by atomic mass is 14.8. The van der Waals surface area contributed by atoms with E-state index in [-0.39, 0.29) is 0 Å². The number of fused-ring (bicyclic) bond motifs is 8. The molecule has 0 spiro atoms. The molecule has 0 amide bonds. The summed E-state index contributed by atoms with van der Waals surface area (Å²) in [6, 6.07) is 0. The summed E-state index contributed by atoms with van der Waals surface area (Å²) >= 11 is 0. The van der Waals surface area contributed by atoms with Crippen LogP contribution in [0.1, 0.15) is 167 Å². The molecular weight excluding hydrogens is 446 g/mol. The highest BCUT2D eigenvalue weighted by Crippen LogP contribution is 2.46. The minimum Gasteiger partial charge on any atom is -0.316 e. The SMILES string of the molecule is C[C@@H]1CCCCCCCC2CCCCCCC3C(CCCC4CC4)CC[C@H]3CC/C1=C/CCCCNC2. The Hall–Kier alpha value is -0.300. The maximum absolute atomic E-state index is 3.88. The zero-order valence-electron chi connectivity index (χ0n) is 25.1. The van der Waals surface area contributed by atoms with E-state index in [0.29, 0.717) is 0 Å². The lowest BCUT2D eigenvalue weighted by atomic mass is 9.79. The van der Waals surface area contributed by atoms with Gasteiger partial charge in [-0.15, -0.1) is 0 Å². The van der Waals surface area contributed by atoms with Gasteiger partial charge in [-0.2, -0.15) is 0 Å². The van der Waals surface area contributed by atoms with Gasteiger partial charge in [0, 0.05) is 0 Å². The first-order valence-corrected chi connectivity index (χ1v) is 17.7. The topological polar surface area (TPSA) is 12.0 Å². The molecule has 0 aromatic carbocycles. The van der Waals surface area contributed by atoms with Crippen molar-refractivity contribution in [2.24, 2.45) is 35.5 Å². The van der Waals surface area contributed by atoms with E-state index in [1.165, 1.54) is 129 Å². The Morgan fingerprint density at radius 1 is 0.676 bits per heavy atom. The maximum atomic E-state index is 3.88. The molecule has 0 radical (unpaired) electrons. The van der Waals surface area contributed by atoms with E-state index in [4.69, 9.17) is 0 Å². The number of nitrogens with one attached hydrogen (secondary N) is 1. The number of hydrogen-bond acceptors (Lipinski definition) is 1. The summed E-state index contributed by atoms with van der Waals surface area (Å²) in [5.74, 6) is 6.02. The summed E-state index contributed by atoms with van der Waals surface area (Å²) in [4.78, 5) is 0. The molecular formula is C36H65N. The van der Waals surface area contributed by atoms with Crippen LogP contribution < -0.4 is 5.32 Å². The molecule has 0 aromatic rings. The Morgan fingerprint density at radius 2 is 1.41 bits per heavy atom. The third-order valence-corrected chi connectivity index (χ3v) is 11.2. The Bertz CT molecular complexity index is 618. The van der Waals surface area contributed by atoms with Crippen LogP contribution in [0.5, 0.6) is 0 Å². The predicted molar refractivity (Wildman–Crippen MR) is 163 cm³/mol. The fourth-order valence-electron chi connectivity index (χ4n) is 8.51. The van der Waals surface area contributed by atoms with Crippen molar-refractivity contribution in [3.63, 3.8) is 0 Å². The molecule has 1 N–H and O–H groups in total. The molecule has 0 aromatic heterocycles. The van der Waals surface area contributed by atoms with Gasteiger partial charge in [0.1, 0.15) is 0 Å². The van der Waals surface area contributed by atoms with Gasteiger partial charge in [0.05, 0.1) is 0 Å². The smallest absolute Gasteiger partial charge is 0.00205 e. The maximum Gasteiger partial charge on any atom is -0.00205 e. The number of rotatable bonds is 4. The quantitative estimate of drug-likeness (QED) is 0.370. The Morgan fingerprint density at radius 3 is 2.19 bits per heavy atom. The van der Waals surface area contributed by atoms with E-state index in [1.54, 1.807) is 44.9 Å². The molecule has 4 aliphatic rings.